The maximum absolute atomic E-state index is 12.1. The Bertz CT molecular complexity index is 550. The molecule has 5 heteroatoms. The number of carboxylic acids is 1. The van der Waals surface area contributed by atoms with Gasteiger partial charge in [0.1, 0.15) is 0 Å². The molecule has 1 unspecified atom stereocenters. The minimum Gasteiger partial charge on any atom is -0.478 e. The Morgan fingerprint density at radius 2 is 2.05 bits per heavy atom. The fourth-order valence-electron chi connectivity index (χ4n) is 1.69. The number of hydrogen-bond acceptors (Lipinski definition) is 3. The maximum atomic E-state index is 12.1. The van der Waals surface area contributed by atoms with Gasteiger partial charge in [-0.2, -0.15) is 0 Å². The summed E-state index contributed by atoms with van der Waals surface area (Å²) in [5.41, 5.74) is 2.22. The molecule has 1 aromatic carbocycles. The number of aryl methyl sites for hydroxylation is 1. The quantitative estimate of drug-likeness (QED) is 0.783. The van der Waals surface area contributed by atoms with Crippen molar-refractivity contribution in [1.82, 2.24) is 10.2 Å². The zero-order chi connectivity index (χ0) is 16.0. The van der Waals surface area contributed by atoms with Gasteiger partial charge in [-0.25, -0.2) is 4.79 Å². The first kappa shape index (κ1) is 16.9. The van der Waals surface area contributed by atoms with Crippen molar-refractivity contribution in [1.29, 1.82) is 0 Å². The number of benzene rings is 1. The van der Waals surface area contributed by atoms with Crippen molar-refractivity contribution in [2.75, 3.05) is 20.6 Å². The monoisotopic (exact) mass is 290 g/mol. The van der Waals surface area contributed by atoms with Crippen molar-refractivity contribution in [3.8, 4) is 0 Å². The number of amides is 1. The number of carbonyl (C=O) groups excluding carboxylic acids is 1. The first-order valence-corrected chi connectivity index (χ1v) is 6.77. The number of hydrogen-bond donors (Lipinski definition) is 2. The second-order valence-corrected chi connectivity index (χ2v) is 5.27. The molecule has 0 saturated heterocycles. The molecule has 0 heterocycles. The van der Waals surface area contributed by atoms with E-state index in [4.69, 9.17) is 5.11 Å². The first-order chi connectivity index (χ1) is 9.81. The molecule has 0 aliphatic carbocycles. The molecule has 21 heavy (non-hydrogen) atoms. The SMILES string of the molecule is Cc1cc(C(=O)NCC(C)N(C)C)ccc1/C=C/C(=O)O. The molecule has 0 aromatic heterocycles. The third-order valence-electron chi connectivity index (χ3n) is 3.38. The summed E-state index contributed by atoms with van der Waals surface area (Å²) in [5.74, 6) is -1.12. The van der Waals surface area contributed by atoms with Gasteiger partial charge in [-0.05, 0) is 57.3 Å². The van der Waals surface area contributed by atoms with Crippen LogP contribution in [-0.4, -0.2) is 48.6 Å². The first-order valence-electron chi connectivity index (χ1n) is 6.77. The molecule has 1 rings (SSSR count). The third-order valence-corrected chi connectivity index (χ3v) is 3.38. The number of carboxylic acid groups (broad SMARTS) is 1. The standard InChI is InChI=1S/C16H22N2O3/c1-11-9-14(6-5-13(11)7-8-15(19)20)16(21)17-10-12(2)18(3)4/h5-9,12H,10H2,1-4H3,(H,17,21)(H,19,20)/b8-7+. The van der Waals surface area contributed by atoms with Crippen LogP contribution in [0, 0.1) is 6.92 Å². The second-order valence-electron chi connectivity index (χ2n) is 5.27. The van der Waals surface area contributed by atoms with Crippen molar-refractivity contribution in [2.45, 2.75) is 19.9 Å². The van der Waals surface area contributed by atoms with Crippen LogP contribution in [0.1, 0.15) is 28.4 Å². The summed E-state index contributed by atoms with van der Waals surface area (Å²) in [6.07, 6.45) is 2.61. The Balaban J connectivity index is 2.74. The van der Waals surface area contributed by atoms with Gasteiger partial charge < -0.3 is 15.3 Å². The number of likely N-dealkylation sites (N-methyl/N-ethyl adjacent to an activating group) is 1. The van der Waals surface area contributed by atoms with Gasteiger partial charge in [-0.3, -0.25) is 4.79 Å². The molecule has 0 radical (unpaired) electrons. The van der Waals surface area contributed by atoms with Crippen LogP contribution in [0.5, 0.6) is 0 Å². The Morgan fingerprint density at radius 3 is 2.57 bits per heavy atom. The Kier molecular flexibility index (Phi) is 6.11. The van der Waals surface area contributed by atoms with Gasteiger partial charge in [-0.15, -0.1) is 0 Å². The summed E-state index contributed by atoms with van der Waals surface area (Å²) in [7, 11) is 3.93. The van der Waals surface area contributed by atoms with E-state index in [1.165, 1.54) is 6.08 Å². The van der Waals surface area contributed by atoms with Gasteiger partial charge in [0.2, 0.25) is 0 Å². The topological polar surface area (TPSA) is 69.6 Å². The van der Waals surface area contributed by atoms with Crippen LogP contribution in [0.15, 0.2) is 24.3 Å². The number of carbonyl (C=O) groups is 2. The number of rotatable bonds is 6. The van der Waals surface area contributed by atoms with Crippen molar-refractivity contribution < 1.29 is 14.7 Å². The highest BCUT2D eigenvalue weighted by atomic mass is 16.4. The molecule has 0 bridgehead atoms. The molecule has 1 aromatic rings. The molecule has 2 N–H and O–H groups in total. The lowest BCUT2D eigenvalue weighted by Gasteiger charge is -2.20. The molecule has 0 spiro atoms. The minimum atomic E-state index is -0.992. The van der Waals surface area contributed by atoms with Gasteiger partial charge in [-0.1, -0.05) is 6.07 Å². The van der Waals surface area contributed by atoms with Crippen LogP contribution >= 0.6 is 0 Å². The van der Waals surface area contributed by atoms with Crippen molar-refractivity contribution in [3.63, 3.8) is 0 Å². The van der Waals surface area contributed by atoms with E-state index in [0.717, 1.165) is 17.2 Å². The molecular weight excluding hydrogens is 268 g/mol. The van der Waals surface area contributed by atoms with Crippen LogP contribution in [0.3, 0.4) is 0 Å². The second kappa shape index (κ2) is 7.59. The van der Waals surface area contributed by atoms with E-state index in [2.05, 4.69) is 5.32 Å². The average Bonchev–Trinajstić information content (AvgIpc) is 2.42. The van der Waals surface area contributed by atoms with Gasteiger partial charge >= 0.3 is 5.97 Å². The molecule has 5 nitrogen and oxygen atoms in total. The summed E-state index contributed by atoms with van der Waals surface area (Å²) < 4.78 is 0. The van der Waals surface area contributed by atoms with Gasteiger partial charge in [0.05, 0.1) is 0 Å². The molecule has 1 atom stereocenters. The summed E-state index contributed by atoms with van der Waals surface area (Å²) in [5, 5.41) is 11.5. The lowest BCUT2D eigenvalue weighted by molar-refractivity contribution is -0.131. The Morgan fingerprint density at radius 1 is 1.38 bits per heavy atom. The zero-order valence-electron chi connectivity index (χ0n) is 12.9. The molecule has 0 aliphatic rings. The van der Waals surface area contributed by atoms with E-state index >= 15 is 0 Å². The predicted octanol–water partition coefficient (Wildman–Crippen LogP) is 1.77. The largest absolute Gasteiger partial charge is 0.478 e. The van der Waals surface area contributed by atoms with Crippen LogP contribution in [0.2, 0.25) is 0 Å². The van der Waals surface area contributed by atoms with E-state index in [0.29, 0.717) is 12.1 Å². The maximum Gasteiger partial charge on any atom is 0.328 e. The van der Waals surface area contributed by atoms with Gasteiger partial charge in [0.25, 0.3) is 5.91 Å². The summed E-state index contributed by atoms with van der Waals surface area (Å²) in [4.78, 5) is 24.6. The van der Waals surface area contributed by atoms with Crippen molar-refractivity contribution >= 4 is 18.0 Å². The zero-order valence-corrected chi connectivity index (χ0v) is 12.9. The fourth-order valence-corrected chi connectivity index (χ4v) is 1.69. The van der Waals surface area contributed by atoms with E-state index in [1.807, 2.05) is 32.8 Å². The van der Waals surface area contributed by atoms with Gasteiger partial charge in [0.15, 0.2) is 0 Å². The third kappa shape index (κ3) is 5.39. The van der Waals surface area contributed by atoms with E-state index in [1.54, 1.807) is 18.2 Å². The lowest BCUT2D eigenvalue weighted by Crippen LogP contribution is -2.38. The van der Waals surface area contributed by atoms with E-state index < -0.39 is 5.97 Å². The fraction of sp³-hybridized carbons (Fsp3) is 0.375. The smallest absolute Gasteiger partial charge is 0.328 e. The van der Waals surface area contributed by atoms with Crippen LogP contribution in [0.25, 0.3) is 6.08 Å². The highest BCUT2D eigenvalue weighted by Gasteiger charge is 2.10. The van der Waals surface area contributed by atoms with Crippen molar-refractivity contribution in [3.05, 3.63) is 41.0 Å². The van der Waals surface area contributed by atoms with Crippen LogP contribution < -0.4 is 5.32 Å². The minimum absolute atomic E-state index is 0.124. The van der Waals surface area contributed by atoms with Crippen LogP contribution in [0.4, 0.5) is 0 Å². The van der Waals surface area contributed by atoms with Crippen molar-refractivity contribution in [2.24, 2.45) is 0 Å². The number of aliphatic carboxylic acids is 1. The lowest BCUT2D eigenvalue weighted by atomic mass is 10.0. The highest BCUT2D eigenvalue weighted by molar-refractivity contribution is 5.95. The predicted molar refractivity (Wildman–Crippen MR) is 83.3 cm³/mol. The Labute approximate surface area is 125 Å². The summed E-state index contributed by atoms with van der Waals surface area (Å²) in [6, 6.07) is 5.47. The molecule has 0 aliphatic heterocycles. The molecular formula is C16H22N2O3. The van der Waals surface area contributed by atoms with E-state index in [9.17, 15) is 9.59 Å². The molecule has 0 fully saturated rings. The number of nitrogens with zero attached hydrogens (tertiary/aromatic N) is 1. The molecule has 114 valence electrons. The molecule has 0 saturated carbocycles. The molecule has 1 amide bonds. The van der Waals surface area contributed by atoms with Crippen LogP contribution in [-0.2, 0) is 4.79 Å². The average molecular weight is 290 g/mol. The normalized spacial score (nSPS) is 12.6. The summed E-state index contributed by atoms with van der Waals surface area (Å²) in [6.45, 7) is 4.46. The van der Waals surface area contributed by atoms with E-state index in [-0.39, 0.29) is 11.9 Å². The summed E-state index contributed by atoms with van der Waals surface area (Å²) >= 11 is 0. The number of nitrogens with one attached hydrogen (secondary N) is 1. The highest BCUT2D eigenvalue weighted by Crippen LogP contribution is 2.13. The van der Waals surface area contributed by atoms with Gasteiger partial charge in [0, 0.05) is 24.2 Å². The Hall–Kier alpha value is -2.14.